The van der Waals surface area contributed by atoms with Crippen LogP contribution in [-0.4, -0.2) is 58.5 Å². The van der Waals surface area contributed by atoms with Crippen LogP contribution in [0.1, 0.15) is 36.2 Å². The second-order valence-electron chi connectivity index (χ2n) is 5.80. The Morgan fingerprint density at radius 2 is 1.71 bits per heavy atom. The molecule has 21 heavy (non-hydrogen) atoms. The summed E-state index contributed by atoms with van der Waals surface area (Å²) in [6.07, 6.45) is 4.38. The molecule has 6 heteroatoms. The van der Waals surface area contributed by atoms with Crippen LogP contribution in [0.2, 0.25) is 0 Å². The van der Waals surface area contributed by atoms with Crippen LogP contribution in [-0.2, 0) is 4.79 Å². The molecule has 114 valence electrons. The van der Waals surface area contributed by atoms with E-state index in [9.17, 15) is 14.7 Å². The lowest BCUT2D eigenvalue weighted by Gasteiger charge is -2.37. The summed E-state index contributed by atoms with van der Waals surface area (Å²) in [4.78, 5) is 27.9. The summed E-state index contributed by atoms with van der Waals surface area (Å²) in [6.45, 7) is 1.88. The first kappa shape index (κ1) is 14.1. The lowest BCUT2D eigenvalue weighted by Crippen LogP contribution is -2.56. The van der Waals surface area contributed by atoms with Crippen LogP contribution < -0.4 is 0 Å². The molecule has 0 aromatic carbocycles. The summed E-state index contributed by atoms with van der Waals surface area (Å²) in [5, 5.41) is 10.4. The second-order valence-corrected chi connectivity index (χ2v) is 5.80. The molecule has 6 nitrogen and oxygen atoms in total. The summed E-state index contributed by atoms with van der Waals surface area (Å²) in [5.41, 5.74) is -1.17. The molecular formula is C15H20N2O4. The maximum Gasteiger partial charge on any atom is 0.289 e. The SMILES string of the molecule is O=C(c1ccco1)N1CCN(C(=O)C2(O)CCCC2)CC1. The van der Waals surface area contributed by atoms with Crippen molar-refractivity contribution in [1.29, 1.82) is 0 Å². The number of nitrogens with zero attached hydrogens (tertiary/aromatic N) is 2. The number of hydrogen-bond donors (Lipinski definition) is 1. The van der Waals surface area contributed by atoms with Crippen molar-refractivity contribution in [2.75, 3.05) is 26.2 Å². The zero-order valence-electron chi connectivity index (χ0n) is 12.0. The molecule has 0 spiro atoms. The maximum absolute atomic E-state index is 12.4. The standard InChI is InChI=1S/C15H20N2O4/c18-13(12-4-3-11-21-12)16-7-9-17(10-8-16)14(19)15(20)5-1-2-6-15/h3-4,11,20H,1-2,5-10H2. The average Bonchev–Trinajstić information content (AvgIpc) is 3.18. The third-order valence-electron chi connectivity index (χ3n) is 4.41. The quantitative estimate of drug-likeness (QED) is 0.877. The summed E-state index contributed by atoms with van der Waals surface area (Å²) < 4.78 is 5.11. The zero-order chi connectivity index (χ0) is 14.9. The minimum atomic E-state index is -1.17. The Labute approximate surface area is 123 Å². The summed E-state index contributed by atoms with van der Waals surface area (Å²) in [6, 6.07) is 3.32. The number of carbonyl (C=O) groups excluding carboxylic acids is 2. The highest BCUT2D eigenvalue weighted by molar-refractivity contribution is 5.92. The molecule has 1 saturated carbocycles. The highest BCUT2D eigenvalue weighted by Crippen LogP contribution is 2.31. The summed E-state index contributed by atoms with van der Waals surface area (Å²) in [7, 11) is 0. The number of furan rings is 1. The van der Waals surface area contributed by atoms with E-state index in [0.717, 1.165) is 12.8 Å². The van der Waals surface area contributed by atoms with Crippen molar-refractivity contribution in [3.05, 3.63) is 24.2 Å². The first-order valence-electron chi connectivity index (χ1n) is 7.45. The number of carbonyl (C=O) groups is 2. The van der Waals surface area contributed by atoms with Crippen LogP contribution in [0.3, 0.4) is 0 Å². The molecule has 0 unspecified atom stereocenters. The fourth-order valence-electron chi connectivity index (χ4n) is 3.14. The number of rotatable bonds is 2. The minimum absolute atomic E-state index is 0.147. The van der Waals surface area contributed by atoms with Gasteiger partial charge in [-0.2, -0.15) is 0 Å². The van der Waals surface area contributed by atoms with Gasteiger partial charge in [-0.05, 0) is 37.8 Å². The summed E-state index contributed by atoms with van der Waals surface area (Å²) in [5.74, 6) is 0.000901. The molecule has 2 heterocycles. The van der Waals surface area contributed by atoms with E-state index in [4.69, 9.17) is 4.42 Å². The van der Waals surface area contributed by atoms with Gasteiger partial charge in [0.2, 0.25) is 0 Å². The largest absolute Gasteiger partial charge is 0.459 e. The molecule has 0 bridgehead atoms. The predicted molar refractivity (Wildman–Crippen MR) is 74.6 cm³/mol. The Kier molecular flexibility index (Phi) is 3.71. The van der Waals surface area contributed by atoms with E-state index >= 15 is 0 Å². The van der Waals surface area contributed by atoms with Crippen LogP contribution in [0.4, 0.5) is 0 Å². The van der Waals surface area contributed by atoms with Crippen LogP contribution >= 0.6 is 0 Å². The molecule has 2 fully saturated rings. The Morgan fingerprint density at radius 1 is 1.10 bits per heavy atom. The minimum Gasteiger partial charge on any atom is -0.459 e. The lowest BCUT2D eigenvalue weighted by atomic mass is 10.00. The van der Waals surface area contributed by atoms with Crippen LogP contribution in [0, 0.1) is 0 Å². The smallest absolute Gasteiger partial charge is 0.289 e. The number of aliphatic hydroxyl groups is 1. The van der Waals surface area contributed by atoms with Gasteiger partial charge in [-0.25, -0.2) is 0 Å². The molecule has 1 aromatic heterocycles. The van der Waals surface area contributed by atoms with Gasteiger partial charge in [0.05, 0.1) is 6.26 Å². The van der Waals surface area contributed by atoms with E-state index in [1.165, 1.54) is 6.26 Å². The number of hydrogen-bond acceptors (Lipinski definition) is 4. The molecule has 1 aromatic rings. The number of piperazine rings is 1. The Morgan fingerprint density at radius 3 is 2.29 bits per heavy atom. The van der Waals surface area contributed by atoms with E-state index in [-0.39, 0.29) is 11.8 Å². The van der Waals surface area contributed by atoms with Gasteiger partial charge < -0.3 is 19.3 Å². The number of amides is 2. The van der Waals surface area contributed by atoms with Gasteiger partial charge in [0.15, 0.2) is 5.76 Å². The first-order valence-corrected chi connectivity index (χ1v) is 7.45. The fraction of sp³-hybridized carbons (Fsp3) is 0.600. The Balaban J connectivity index is 1.58. The normalized spacial score (nSPS) is 21.6. The summed E-state index contributed by atoms with van der Waals surface area (Å²) >= 11 is 0. The van der Waals surface area contributed by atoms with E-state index in [2.05, 4.69) is 0 Å². The highest BCUT2D eigenvalue weighted by Gasteiger charge is 2.42. The second kappa shape index (κ2) is 5.52. The van der Waals surface area contributed by atoms with Crippen molar-refractivity contribution in [3.8, 4) is 0 Å². The van der Waals surface area contributed by atoms with E-state index in [1.807, 2.05) is 0 Å². The van der Waals surface area contributed by atoms with Crippen molar-refractivity contribution in [2.24, 2.45) is 0 Å². The highest BCUT2D eigenvalue weighted by atomic mass is 16.3. The van der Waals surface area contributed by atoms with Crippen molar-refractivity contribution in [3.63, 3.8) is 0 Å². The van der Waals surface area contributed by atoms with Crippen molar-refractivity contribution < 1.29 is 19.1 Å². The van der Waals surface area contributed by atoms with Crippen LogP contribution in [0.25, 0.3) is 0 Å². The zero-order valence-corrected chi connectivity index (χ0v) is 12.0. The van der Waals surface area contributed by atoms with Gasteiger partial charge in [0.25, 0.3) is 11.8 Å². The van der Waals surface area contributed by atoms with Gasteiger partial charge >= 0.3 is 0 Å². The molecule has 1 saturated heterocycles. The molecule has 1 aliphatic heterocycles. The van der Waals surface area contributed by atoms with Gasteiger partial charge in [0.1, 0.15) is 5.60 Å². The van der Waals surface area contributed by atoms with E-state index in [1.54, 1.807) is 21.9 Å². The van der Waals surface area contributed by atoms with E-state index in [0.29, 0.717) is 44.8 Å². The lowest BCUT2D eigenvalue weighted by molar-refractivity contribution is -0.152. The molecule has 0 atom stereocenters. The Hall–Kier alpha value is -1.82. The molecule has 3 rings (SSSR count). The van der Waals surface area contributed by atoms with Crippen molar-refractivity contribution in [2.45, 2.75) is 31.3 Å². The topological polar surface area (TPSA) is 74.0 Å². The Bertz CT molecular complexity index is 512. The van der Waals surface area contributed by atoms with Crippen LogP contribution in [0.15, 0.2) is 22.8 Å². The molecular weight excluding hydrogens is 272 g/mol. The van der Waals surface area contributed by atoms with Gasteiger partial charge in [-0.15, -0.1) is 0 Å². The van der Waals surface area contributed by atoms with E-state index < -0.39 is 5.60 Å². The third-order valence-corrected chi connectivity index (χ3v) is 4.41. The van der Waals surface area contributed by atoms with Gasteiger partial charge in [-0.1, -0.05) is 0 Å². The third kappa shape index (κ3) is 2.68. The van der Waals surface area contributed by atoms with Gasteiger partial charge in [-0.3, -0.25) is 9.59 Å². The molecule has 1 N–H and O–H groups in total. The van der Waals surface area contributed by atoms with Gasteiger partial charge in [0, 0.05) is 26.2 Å². The molecule has 0 radical (unpaired) electrons. The monoisotopic (exact) mass is 292 g/mol. The predicted octanol–water partition coefficient (Wildman–Crippen LogP) is 0.869. The molecule has 1 aliphatic carbocycles. The van der Waals surface area contributed by atoms with Crippen molar-refractivity contribution >= 4 is 11.8 Å². The first-order chi connectivity index (χ1) is 10.1. The molecule has 2 aliphatic rings. The molecule has 2 amide bonds. The van der Waals surface area contributed by atoms with Crippen LogP contribution in [0.5, 0.6) is 0 Å². The average molecular weight is 292 g/mol. The fourth-order valence-corrected chi connectivity index (χ4v) is 3.14. The maximum atomic E-state index is 12.4. The van der Waals surface area contributed by atoms with Crippen molar-refractivity contribution in [1.82, 2.24) is 9.80 Å².